The molecule has 0 amide bonds. The Morgan fingerprint density at radius 3 is 3.00 bits per heavy atom. The molecule has 2 nitrogen and oxygen atoms in total. The van der Waals surface area contributed by atoms with Crippen molar-refractivity contribution in [3.8, 4) is 0 Å². The number of rotatable bonds is 3. The molecule has 0 saturated carbocycles. The van der Waals surface area contributed by atoms with E-state index in [1.807, 2.05) is 29.8 Å². The van der Waals surface area contributed by atoms with Crippen LogP contribution in [0.15, 0.2) is 30.5 Å². The van der Waals surface area contributed by atoms with Gasteiger partial charge in [0.25, 0.3) is 0 Å². The van der Waals surface area contributed by atoms with Gasteiger partial charge in [0.1, 0.15) is 0 Å². The molecule has 0 bridgehead atoms. The number of aromatic nitrogens is 1. The molecular weight excluding hydrogens is 138 g/mol. The highest BCUT2D eigenvalue weighted by Gasteiger charge is 1.97. The highest BCUT2D eigenvalue weighted by molar-refractivity contribution is 5.08. The lowest BCUT2D eigenvalue weighted by molar-refractivity contribution is 0.271. The van der Waals surface area contributed by atoms with Crippen molar-refractivity contribution in [2.75, 3.05) is 0 Å². The summed E-state index contributed by atoms with van der Waals surface area (Å²) in [6.07, 6.45) is 1.94. The summed E-state index contributed by atoms with van der Waals surface area (Å²) in [7, 11) is 0. The first-order chi connectivity index (χ1) is 5.24. The molecule has 11 heavy (non-hydrogen) atoms. The summed E-state index contributed by atoms with van der Waals surface area (Å²) in [4.78, 5) is 0. The SMILES string of the molecule is C=C(C)Cn1cccc1CO. The van der Waals surface area contributed by atoms with Crippen molar-refractivity contribution in [2.24, 2.45) is 0 Å². The van der Waals surface area contributed by atoms with Crippen LogP contribution in [0, 0.1) is 0 Å². The van der Waals surface area contributed by atoms with Gasteiger partial charge in [-0.25, -0.2) is 0 Å². The predicted octanol–water partition coefficient (Wildman–Crippen LogP) is 1.56. The van der Waals surface area contributed by atoms with Gasteiger partial charge in [0.15, 0.2) is 0 Å². The molecule has 1 rings (SSSR count). The van der Waals surface area contributed by atoms with E-state index in [4.69, 9.17) is 5.11 Å². The fourth-order valence-corrected chi connectivity index (χ4v) is 1.04. The molecule has 60 valence electrons. The van der Waals surface area contributed by atoms with Crippen LogP contribution >= 0.6 is 0 Å². The molecular formula is C9H13NO. The lowest BCUT2D eigenvalue weighted by Crippen LogP contribution is -2.01. The Balaban J connectivity index is 2.76. The largest absolute Gasteiger partial charge is 0.390 e. The van der Waals surface area contributed by atoms with Crippen LogP contribution in [0.1, 0.15) is 12.6 Å². The summed E-state index contributed by atoms with van der Waals surface area (Å²) in [5.74, 6) is 0. The maximum atomic E-state index is 8.87. The van der Waals surface area contributed by atoms with Crippen molar-refractivity contribution in [2.45, 2.75) is 20.1 Å². The van der Waals surface area contributed by atoms with Crippen LogP contribution in [0.4, 0.5) is 0 Å². The minimum atomic E-state index is 0.0975. The Labute approximate surface area is 66.8 Å². The third-order valence-electron chi connectivity index (χ3n) is 1.53. The van der Waals surface area contributed by atoms with Crippen molar-refractivity contribution in [1.82, 2.24) is 4.57 Å². The van der Waals surface area contributed by atoms with E-state index in [1.54, 1.807) is 0 Å². The number of aliphatic hydroxyl groups excluding tert-OH is 1. The molecule has 0 unspecified atom stereocenters. The lowest BCUT2D eigenvalue weighted by Gasteiger charge is -2.05. The van der Waals surface area contributed by atoms with Crippen LogP contribution in [-0.4, -0.2) is 9.67 Å². The quantitative estimate of drug-likeness (QED) is 0.651. The van der Waals surface area contributed by atoms with E-state index in [0.29, 0.717) is 0 Å². The van der Waals surface area contributed by atoms with E-state index < -0.39 is 0 Å². The van der Waals surface area contributed by atoms with Gasteiger partial charge in [-0.2, -0.15) is 0 Å². The van der Waals surface area contributed by atoms with Gasteiger partial charge in [-0.3, -0.25) is 0 Å². The number of hydrogen-bond donors (Lipinski definition) is 1. The first kappa shape index (κ1) is 8.08. The molecule has 0 saturated heterocycles. The standard InChI is InChI=1S/C9H13NO/c1-8(2)6-10-5-3-4-9(10)7-11/h3-5,11H,1,6-7H2,2H3. The minimum Gasteiger partial charge on any atom is -0.390 e. The monoisotopic (exact) mass is 151 g/mol. The minimum absolute atomic E-state index is 0.0975. The van der Waals surface area contributed by atoms with Gasteiger partial charge < -0.3 is 9.67 Å². The Morgan fingerprint density at radius 1 is 1.73 bits per heavy atom. The van der Waals surface area contributed by atoms with E-state index in [9.17, 15) is 0 Å². The van der Waals surface area contributed by atoms with Crippen LogP contribution in [0.5, 0.6) is 0 Å². The Bertz CT molecular complexity index is 250. The number of allylic oxidation sites excluding steroid dienone is 1. The van der Waals surface area contributed by atoms with Crippen LogP contribution in [0.25, 0.3) is 0 Å². The fourth-order valence-electron chi connectivity index (χ4n) is 1.04. The molecule has 0 aliphatic carbocycles. The summed E-state index contributed by atoms with van der Waals surface area (Å²) >= 11 is 0. The third-order valence-corrected chi connectivity index (χ3v) is 1.53. The van der Waals surface area contributed by atoms with Crippen molar-refractivity contribution >= 4 is 0 Å². The van der Waals surface area contributed by atoms with Crippen LogP contribution in [0.3, 0.4) is 0 Å². The molecule has 0 aliphatic rings. The van der Waals surface area contributed by atoms with Crippen molar-refractivity contribution in [3.63, 3.8) is 0 Å². The molecule has 0 radical (unpaired) electrons. The van der Waals surface area contributed by atoms with Gasteiger partial charge in [-0.1, -0.05) is 12.2 Å². The van der Waals surface area contributed by atoms with E-state index in [2.05, 4.69) is 6.58 Å². The van der Waals surface area contributed by atoms with Crippen LogP contribution < -0.4 is 0 Å². The normalized spacial score (nSPS) is 10.0. The lowest BCUT2D eigenvalue weighted by atomic mass is 10.3. The zero-order valence-electron chi connectivity index (χ0n) is 6.75. The highest BCUT2D eigenvalue weighted by atomic mass is 16.3. The first-order valence-electron chi connectivity index (χ1n) is 3.63. The average molecular weight is 151 g/mol. The van der Waals surface area contributed by atoms with Crippen molar-refractivity contribution in [3.05, 3.63) is 36.2 Å². The number of nitrogens with zero attached hydrogens (tertiary/aromatic N) is 1. The Hall–Kier alpha value is -1.02. The van der Waals surface area contributed by atoms with E-state index in [1.165, 1.54) is 0 Å². The zero-order valence-corrected chi connectivity index (χ0v) is 6.75. The van der Waals surface area contributed by atoms with Crippen LogP contribution in [-0.2, 0) is 13.2 Å². The zero-order chi connectivity index (χ0) is 8.27. The van der Waals surface area contributed by atoms with Gasteiger partial charge in [-0.05, 0) is 19.1 Å². The topological polar surface area (TPSA) is 25.2 Å². The molecule has 2 heteroatoms. The summed E-state index contributed by atoms with van der Waals surface area (Å²) in [5.41, 5.74) is 2.03. The number of hydrogen-bond acceptors (Lipinski definition) is 1. The highest BCUT2D eigenvalue weighted by Crippen LogP contribution is 2.04. The maximum absolute atomic E-state index is 8.87. The van der Waals surface area contributed by atoms with Gasteiger partial charge in [-0.15, -0.1) is 0 Å². The molecule has 0 aliphatic heterocycles. The Kier molecular flexibility index (Phi) is 2.49. The molecule has 1 aromatic rings. The Morgan fingerprint density at radius 2 is 2.45 bits per heavy atom. The summed E-state index contributed by atoms with van der Waals surface area (Å²) in [5, 5.41) is 8.87. The van der Waals surface area contributed by atoms with Gasteiger partial charge in [0, 0.05) is 18.4 Å². The summed E-state index contributed by atoms with van der Waals surface area (Å²) < 4.78 is 1.99. The molecule has 1 N–H and O–H groups in total. The second-order valence-electron chi connectivity index (χ2n) is 2.74. The molecule has 0 spiro atoms. The fraction of sp³-hybridized carbons (Fsp3) is 0.333. The second kappa shape index (κ2) is 3.39. The molecule has 1 heterocycles. The summed E-state index contributed by atoms with van der Waals surface area (Å²) in [6, 6.07) is 3.83. The number of aliphatic hydroxyl groups is 1. The maximum Gasteiger partial charge on any atom is 0.0832 e. The molecule has 1 aromatic heterocycles. The van der Waals surface area contributed by atoms with Gasteiger partial charge in [0.05, 0.1) is 6.61 Å². The molecule has 0 fully saturated rings. The smallest absolute Gasteiger partial charge is 0.0832 e. The molecule has 0 atom stereocenters. The summed E-state index contributed by atoms with van der Waals surface area (Å²) in [6.45, 7) is 6.67. The third kappa shape index (κ3) is 1.95. The van der Waals surface area contributed by atoms with Crippen molar-refractivity contribution < 1.29 is 5.11 Å². The van der Waals surface area contributed by atoms with E-state index >= 15 is 0 Å². The van der Waals surface area contributed by atoms with Gasteiger partial charge in [0.2, 0.25) is 0 Å². The molecule has 0 aromatic carbocycles. The van der Waals surface area contributed by atoms with Crippen molar-refractivity contribution in [1.29, 1.82) is 0 Å². The average Bonchev–Trinajstić information content (AvgIpc) is 2.34. The van der Waals surface area contributed by atoms with E-state index in [0.717, 1.165) is 17.8 Å². The van der Waals surface area contributed by atoms with Crippen LogP contribution in [0.2, 0.25) is 0 Å². The van der Waals surface area contributed by atoms with Gasteiger partial charge >= 0.3 is 0 Å². The predicted molar refractivity (Wildman–Crippen MR) is 45.2 cm³/mol. The second-order valence-corrected chi connectivity index (χ2v) is 2.74. The van der Waals surface area contributed by atoms with E-state index in [-0.39, 0.29) is 6.61 Å². The first-order valence-corrected chi connectivity index (χ1v) is 3.63.